The van der Waals surface area contributed by atoms with Gasteiger partial charge in [-0.25, -0.2) is 0 Å². The highest BCUT2D eigenvalue weighted by Gasteiger charge is 2.24. The summed E-state index contributed by atoms with van der Waals surface area (Å²) in [6.07, 6.45) is 8.53. The van der Waals surface area contributed by atoms with Crippen molar-refractivity contribution in [3.05, 3.63) is 29.6 Å². The minimum Gasteiger partial charge on any atom is -0.261 e. The van der Waals surface area contributed by atoms with Gasteiger partial charge in [-0.2, -0.15) is 0 Å². The van der Waals surface area contributed by atoms with Gasteiger partial charge in [-0.3, -0.25) is 4.98 Å². The number of nitrogens with zero attached hydrogens (tertiary/aromatic N) is 1. The van der Waals surface area contributed by atoms with Crippen molar-refractivity contribution in [1.29, 1.82) is 0 Å². The van der Waals surface area contributed by atoms with Gasteiger partial charge in [0.05, 0.1) is 0 Å². The summed E-state index contributed by atoms with van der Waals surface area (Å²) in [5, 5.41) is 0. The molecule has 1 atom stereocenters. The minimum atomic E-state index is 0.601. The van der Waals surface area contributed by atoms with E-state index in [1.165, 1.54) is 36.9 Å². The number of rotatable bonds is 3. The summed E-state index contributed by atoms with van der Waals surface area (Å²) in [6, 6.07) is 4.18. The predicted molar refractivity (Wildman–Crippen MR) is 76.5 cm³/mol. The van der Waals surface area contributed by atoms with Crippen LogP contribution in [0, 0.1) is 18.8 Å². The molecule has 1 unspecified atom stereocenters. The van der Waals surface area contributed by atoms with Crippen molar-refractivity contribution < 1.29 is 0 Å². The van der Waals surface area contributed by atoms with E-state index in [0.29, 0.717) is 4.83 Å². The molecule has 1 aromatic rings. The van der Waals surface area contributed by atoms with E-state index >= 15 is 0 Å². The lowest BCUT2D eigenvalue weighted by Crippen LogP contribution is -2.23. The van der Waals surface area contributed by atoms with Crippen LogP contribution in [0.5, 0.6) is 0 Å². The highest BCUT2D eigenvalue weighted by Crippen LogP contribution is 2.34. The van der Waals surface area contributed by atoms with Crippen molar-refractivity contribution in [1.82, 2.24) is 4.98 Å². The summed E-state index contributed by atoms with van der Waals surface area (Å²) in [4.78, 5) is 5.10. The van der Waals surface area contributed by atoms with Crippen molar-refractivity contribution in [3.8, 4) is 0 Å². The summed E-state index contributed by atoms with van der Waals surface area (Å²) < 4.78 is 0. The molecule has 2 heteroatoms. The molecule has 0 radical (unpaired) electrons. The second-order valence-electron chi connectivity index (χ2n) is 5.51. The van der Waals surface area contributed by atoms with Gasteiger partial charge < -0.3 is 0 Å². The molecule has 0 bridgehead atoms. The van der Waals surface area contributed by atoms with Crippen LogP contribution in [-0.4, -0.2) is 9.81 Å². The number of hydrogen-bond acceptors (Lipinski definition) is 1. The van der Waals surface area contributed by atoms with Gasteiger partial charge in [0.2, 0.25) is 0 Å². The Labute approximate surface area is 113 Å². The average Bonchev–Trinajstić information content (AvgIpc) is 2.33. The maximum atomic E-state index is 4.50. The van der Waals surface area contributed by atoms with Crippen molar-refractivity contribution in [2.45, 2.75) is 50.8 Å². The van der Waals surface area contributed by atoms with E-state index in [0.717, 1.165) is 18.3 Å². The predicted octanol–water partition coefficient (Wildman–Crippen LogP) is 4.52. The fraction of sp³-hybridized carbons (Fsp3) is 0.667. The molecule has 0 aliphatic heterocycles. The molecule has 1 aromatic heterocycles. The van der Waals surface area contributed by atoms with E-state index in [1.54, 1.807) is 0 Å². The van der Waals surface area contributed by atoms with Crippen LogP contribution >= 0.6 is 15.9 Å². The average molecular weight is 296 g/mol. The second kappa shape index (κ2) is 5.99. The zero-order valence-electron chi connectivity index (χ0n) is 10.8. The molecule has 0 saturated heterocycles. The number of aromatic nitrogens is 1. The van der Waals surface area contributed by atoms with Gasteiger partial charge in [-0.15, -0.1) is 0 Å². The fourth-order valence-electron chi connectivity index (χ4n) is 2.73. The molecule has 1 heterocycles. The summed E-state index contributed by atoms with van der Waals surface area (Å²) in [5.74, 6) is 1.77. The maximum absolute atomic E-state index is 4.50. The quantitative estimate of drug-likeness (QED) is 0.747. The fourth-order valence-corrected chi connectivity index (χ4v) is 3.57. The summed E-state index contributed by atoms with van der Waals surface area (Å²) in [5.41, 5.74) is 2.58. The van der Waals surface area contributed by atoms with Gasteiger partial charge in [-0.1, -0.05) is 41.8 Å². The topological polar surface area (TPSA) is 12.9 Å². The highest BCUT2D eigenvalue weighted by molar-refractivity contribution is 9.09. The number of pyridine rings is 1. The molecule has 1 nitrogen and oxygen atoms in total. The third-order valence-electron chi connectivity index (χ3n) is 4.08. The zero-order valence-corrected chi connectivity index (χ0v) is 12.4. The largest absolute Gasteiger partial charge is 0.261 e. The number of hydrogen-bond donors (Lipinski definition) is 0. The van der Waals surface area contributed by atoms with E-state index in [2.05, 4.69) is 40.8 Å². The molecule has 1 aliphatic carbocycles. The molecular weight excluding hydrogens is 274 g/mol. The third kappa shape index (κ3) is 3.54. The Morgan fingerprint density at radius 2 is 2.06 bits per heavy atom. The first kappa shape index (κ1) is 13.1. The SMILES string of the molecule is Cc1cccnc1CC(Br)C1CCC(C)CC1. The number of halogens is 1. The Bertz CT molecular complexity index is 356. The molecule has 2 rings (SSSR count). The smallest absolute Gasteiger partial charge is 0.0443 e. The van der Waals surface area contributed by atoms with Crippen molar-refractivity contribution in [2.24, 2.45) is 11.8 Å². The molecule has 94 valence electrons. The third-order valence-corrected chi connectivity index (χ3v) is 5.15. The van der Waals surface area contributed by atoms with E-state index in [4.69, 9.17) is 0 Å². The van der Waals surface area contributed by atoms with Crippen LogP contribution in [0.4, 0.5) is 0 Å². The summed E-state index contributed by atoms with van der Waals surface area (Å²) >= 11 is 3.89. The van der Waals surface area contributed by atoms with Crippen LogP contribution < -0.4 is 0 Å². The first-order valence-electron chi connectivity index (χ1n) is 6.71. The van der Waals surface area contributed by atoms with Gasteiger partial charge in [0.1, 0.15) is 0 Å². The van der Waals surface area contributed by atoms with Crippen LogP contribution in [0.2, 0.25) is 0 Å². The van der Waals surface area contributed by atoms with Crippen LogP contribution in [0.1, 0.15) is 43.9 Å². The monoisotopic (exact) mass is 295 g/mol. The van der Waals surface area contributed by atoms with Crippen molar-refractivity contribution in [3.63, 3.8) is 0 Å². The van der Waals surface area contributed by atoms with E-state index in [1.807, 2.05) is 12.3 Å². The lowest BCUT2D eigenvalue weighted by atomic mass is 9.80. The van der Waals surface area contributed by atoms with E-state index in [9.17, 15) is 0 Å². The standard InChI is InChI=1S/C15H22BrN/c1-11-5-7-13(8-6-11)14(16)10-15-12(2)4-3-9-17-15/h3-4,9,11,13-14H,5-8,10H2,1-2H3. The van der Waals surface area contributed by atoms with Gasteiger partial charge >= 0.3 is 0 Å². The van der Waals surface area contributed by atoms with Gasteiger partial charge in [0.25, 0.3) is 0 Å². The number of alkyl halides is 1. The van der Waals surface area contributed by atoms with E-state index < -0.39 is 0 Å². The molecular formula is C15H22BrN. The highest BCUT2D eigenvalue weighted by atomic mass is 79.9. The molecule has 17 heavy (non-hydrogen) atoms. The lowest BCUT2D eigenvalue weighted by molar-refractivity contribution is 0.285. The van der Waals surface area contributed by atoms with Crippen molar-refractivity contribution in [2.75, 3.05) is 0 Å². The zero-order chi connectivity index (χ0) is 12.3. The maximum Gasteiger partial charge on any atom is 0.0443 e. The first-order valence-corrected chi connectivity index (χ1v) is 7.63. The van der Waals surface area contributed by atoms with Crippen LogP contribution in [0.15, 0.2) is 18.3 Å². The minimum absolute atomic E-state index is 0.601. The van der Waals surface area contributed by atoms with Crippen LogP contribution in [-0.2, 0) is 6.42 Å². The van der Waals surface area contributed by atoms with Crippen molar-refractivity contribution >= 4 is 15.9 Å². The van der Waals surface area contributed by atoms with Gasteiger partial charge in [0.15, 0.2) is 0 Å². The Morgan fingerprint density at radius 1 is 1.35 bits per heavy atom. The van der Waals surface area contributed by atoms with E-state index in [-0.39, 0.29) is 0 Å². The molecule has 1 fully saturated rings. The summed E-state index contributed by atoms with van der Waals surface area (Å²) in [6.45, 7) is 4.54. The normalized spacial score (nSPS) is 26.8. The molecule has 0 N–H and O–H groups in total. The Balaban J connectivity index is 1.93. The first-order chi connectivity index (χ1) is 8.16. The molecule has 0 amide bonds. The van der Waals surface area contributed by atoms with Crippen LogP contribution in [0.3, 0.4) is 0 Å². The Hall–Kier alpha value is -0.370. The Morgan fingerprint density at radius 3 is 2.71 bits per heavy atom. The lowest BCUT2D eigenvalue weighted by Gasteiger charge is -2.29. The second-order valence-corrected chi connectivity index (χ2v) is 6.68. The van der Waals surface area contributed by atoms with Gasteiger partial charge in [-0.05, 0) is 43.2 Å². The summed E-state index contributed by atoms with van der Waals surface area (Å²) in [7, 11) is 0. The Kier molecular flexibility index (Phi) is 4.61. The molecule has 0 aromatic carbocycles. The molecule has 1 saturated carbocycles. The molecule has 1 aliphatic rings. The molecule has 0 spiro atoms. The van der Waals surface area contributed by atoms with Gasteiger partial charge in [0, 0.05) is 23.1 Å². The number of aryl methyl sites for hydroxylation is 1. The van der Waals surface area contributed by atoms with Crippen LogP contribution in [0.25, 0.3) is 0 Å².